The Balaban J connectivity index is 2.27. The Labute approximate surface area is 127 Å². The fourth-order valence-corrected chi connectivity index (χ4v) is 3.27. The Morgan fingerprint density at radius 1 is 1.48 bits per heavy atom. The number of carboxylic acids is 1. The molecule has 1 aromatic heterocycles. The number of ether oxygens (including phenoxy) is 1. The van der Waals surface area contributed by atoms with Gasteiger partial charge in [-0.2, -0.15) is 0 Å². The fourth-order valence-electron chi connectivity index (χ4n) is 2.43. The number of hydrogen-bond donors (Lipinski definition) is 1. The van der Waals surface area contributed by atoms with Gasteiger partial charge in [0.1, 0.15) is 10.9 Å². The third kappa shape index (κ3) is 3.01. The van der Waals surface area contributed by atoms with Gasteiger partial charge in [-0.15, -0.1) is 0 Å². The van der Waals surface area contributed by atoms with E-state index >= 15 is 0 Å². The smallest absolute Gasteiger partial charge is 0.326 e. The molecule has 1 saturated heterocycles. The molecular weight excluding hydrogens is 294 g/mol. The lowest BCUT2D eigenvalue weighted by atomic mass is 10.1. The van der Waals surface area contributed by atoms with Crippen molar-refractivity contribution in [2.45, 2.75) is 25.4 Å². The number of methoxy groups -OCH3 is 1. The summed E-state index contributed by atoms with van der Waals surface area (Å²) in [6.45, 7) is 2.13. The van der Waals surface area contributed by atoms with Crippen molar-refractivity contribution in [3.63, 3.8) is 0 Å². The van der Waals surface area contributed by atoms with Crippen molar-refractivity contribution >= 4 is 23.2 Å². The Kier molecular flexibility index (Phi) is 4.48. The minimum Gasteiger partial charge on any atom is -0.480 e. The van der Waals surface area contributed by atoms with E-state index in [-0.39, 0.29) is 11.9 Å². The summed E-state index contributed by atoms with van der Waals surface area (Å²) >= 11 is 1.15. The molecule has 2 rings (SSSR count). The second-order valence-corrected chi connectivity index (χ2v) is 6.22. The Morgan fingerprint density at radius 3 is 2.62 bits per heavy atom. The molecular formula is C13H19N3O4S. The highest BCUT2D eigenvalue weighted by atomic mass is 32.1. The first-order valence-electron chi connectivity index (χ1n) is 6.56. The molecule has 7 nitrogen and oxygen atoms in total. The molecule has 116 valence electrons. The maximum absolute atomic E-state index is 12.6. The van der Waals surface area contributed by atoms with E-state index in [4.69, 9.17) is 4.74 Å². The minimum atomic E-state index is -0.971. The molecule has 0 unspecified atom stereocenters. The van der Waals surface area contributed by atoms with E-state index in [2.05, 4.69) is 4.98 Å². The summed E-state index contributed by atoms with van der Waals surface area (Å²) in [6.07, 6.45) is 0.434. The number of carbonyl (C=O) groups excluding carboxylic acids is 1. The predicted octanol–water partition coefficient (Wildman–Crippen LogP) is 0.689. The lowest BCUT2D eigenvalue weighted by Gasteiger charge is -2.21. The first kappa shape index (κ1) is 15.7. The number of hydrogen-bond acceptors (Lipinski definition) is 6. The molecule has 0 saturated carbocycles. The molecule has 1 fully saturated rings. The number of amides is 1. The highest BCUT2D eigenvalue weighted by molar-refractivity contribution is 7.15. The first-order chi connectivity index (χ1) is 9.85. The third-order valence-corrected chi connectivity index (χ3v) is 4.81. The zero-order valence-corrected chi connectivity index (χ0v) is 13.3. The van der Waals surface area contributed by atoms with Crippen LogP contribution in [0.2, 0.25) is 0 Å². The quantitative estimate of drug-likeness (QED) is 0.880. The van der Waals surface area contributed by atoms with Gasteiger partial charge in [-0.05, 0) is 27.4 Å². The summed E-state index contributed by atoms with van der Waals surface area (Å²) < 4.78 is 5.03. The van der Waals surface area contributed by atoms with Crippen LogP contribution in [0.4, 0.5) is 0 Å². The lowest BCUT2D eigenvalue weighted by Crippen LogP contribution is -2.40. The number of carboxylic acid groups (broad SMARTS) is 1. The molecule has 1 aliphatic heterocycles. The maximum atomic E-state index is 12.6. The van der Waals surface area contributed by atoms with Gasteiger partial charge in [-0.1, -0.05) is 11.3 Å². The van der Waals surface area contributed by atoms with Crippen molar-refractivity contribution < 1.29 is 19.4 Å². The summed E-state index contributed by atoms with van der Waals surface area (Å²) in [5.41, 5.74) is 0.569. The van der Waals surface area contributed by atoms with Crippen molar-refractivity contribution in [2.24, 2.45) is 0 Å². The van der Waals surface area contributed by atoms with Crippen LogP contribution in [0.5, 0.6) is 5.19 Å². The van der Waals surface area contributed by atoms with Crippen molar-refractivity contribution in [2.75, 3.05) is 27.7 Å². The molecule has 0 aromatic carbocycles. The Bertz CT molecular complexity index is 558. The average molecular weight is 313 g/mol. The number of nitrogens with zero attached hydrogens (tertiary/aromatic N) is 3. The number of likely N-dealkylation sites (N-methyl/N-ethyl adjacent to an activating group) is 1. The van der Waals surface area contributed by atoms with Gasteiger partial charge in [0.05, 0.1) is 12.8 Å². The van der Waals surface area contributed by atoms with Crippen molar-refractivity contribution in [1.29, 1.82) is 0 Å². The summed E-state index contributed by atoms with van der Waals surface area (Å²) in [7, 11) is 5.27. The molecule has 21 heavy (non-hydrogen) atoms. The standard InChI is InChI=1S/C13H19N3O4S/c1-7-10(21-13(14-7)20-4)11(17)16-6-8(15(2)3)5-9(16)12(18)19/h8-9H,5-6H2,1-4H3,(H,18,19)/t8-,9+/m1/s1. The van der Waals surface area contributed by atoms with E-state index in [0.29, 0.717) is 28.7 Å². The average Bonchev–Trinajstić information content (AvgIpc) is 3.01. The van der Waals surface area contributed by atoms with Gasteiger partial charge in [-0.3, -0.25) is 4.79 Å². The summed E-state index contributed by atoms with van der Waals surface area (Å²) in [5.74, 6) is -1.26. The van der Waals surface area contributed by atoms with Gasteiger partial charge >= 0.3 is 5.97 Å². The minimum absolute atomic E-state index is 0.0465. The second-order valence-electron chi connectivity index (χ2n) is 5.26. The summed E-state index contributed by atoms with van der Waals surface area (Å²) in [4.78, 5) is 32.0. The number of aliphatic carboxylic acids is 1. The molecule has 0 aliphatic carbocycles. The van der Waals surface area contributed by atoms with E-state index in [1.54, 1.807) is 6.92 Å². The molecule has 1 amide bonds. The molecule has 0 spiro atoms. The normalized spacial score (nSPS) is 21.9. The summed E-state index contributed by atoms with van der Waals surface area (Å²) in [5, 5.41) is 9.76. The first-order valence-corrected chi connectivity index (χ1v) is 7.38. The fraction of sp³-hybridized carbons (Fsp3) is 0.615. The number of likely N-dealkylation sites (tertiary alicyclic amines) is 1. The van der Waals surface area contributed by atoms with Crippen LogP contribution in [0, 0.1) is 6.92 Å². The van der Waals surface area contributed by atoms with Gasteiger partial charge in [0.25, 0.3) is 11.1 Å². The summed E-state index contributed by atoms with van der Waals surface area (Å²) in [6, 6.07) is -0.748. The molecule has 2 heterocycles. The van der Waals surface area contributed by atoms with E-state index < -0.39 is 12.0 Å². The van der Waals surface area contributed by atoms with Crippen LogP contribution >= 0.6 is 11.3 Å². The van der Waals surface area contributed by atoms with Crippen LogP contribution in [0.15, 0.2) is 0 Å². The van der Waals surface area contributed by atoms with Crippen LogP contribution in [-0.2, 0) is 4.79 Å². The SMILES string of the molecule is COc1nc(C)c(C(=O)N2C[C@H](N(C)C)C[C@H]2C(=O)O)s1. The van der Waals surface area contributed by atoms with Crippen molar-refractivity contribution in [3.8, 4) is 5.19 Å². The predicted molar refractivity (Wildman–Crippen MR) is 78.0 cm³/mol. The van der Waals surface area contributed by atoms with Gasteiger partial charge in [0.2, 0.25) is 0 Å². The van der Waals surface area contributed by atoms with Crippen molar-refractivity contribution in [1.82, 2.24) is 14.8 Å². The van der Waals surface area contributed by atoms with E-state index in [1.165, 1.54) is 12.0 Å². The van der Waals surface area contributed by atoms with Gasteiger partial charge in [0.15, 0.2) is 0 Å². The molecule has 2 atom stereocenters. The van der Waals surface area contributed by atoms with Gasteiger partial charge in [-0.25, -0.2) is 9.78 Å². The van der Waals surface area contributed by atoms with Gasteiger partial charge in [0, 0.05) is 12.6 Å². The van der Waals surface area contributed by atoms with E-state index in [0.717, 1.165) is 11.3 Å². The maximum Gasteiger partial charge on any atom is 0.326 e. The number of rotatable bonds is 4. The zero-order chi connectivity index (χ0) is 15.7. The molecule has 0 bridgehead atoms. The van der Waals surface area contributed by atoms with Crippen LogP contribution in [0.3, 0.4) is 0 Å². The molecule has 1 N–H and O–H groups in total. The molecule has 1 aliphatic rings. The highest BCUT2D eigenvalue weighted by Crippen LogP contribution is 2.29. The van der Waals surface area contributed by atoms with Crippen LogP contribution < -0.4 is 4.74 Å². The highest BCUT2D eigenvalue weighted by Gasteiger charge is 2.41. The van der Waals surface area contributed by atoms with Crippen LogP contribution in [-0.4, -0.2) is 71.6 Å². The molecule has 0 radical (unpaired) electrons. The number of carbonyl (C=O) groups is 2. The molecule has 1 aromatic rings. The topological polar surface area (TPSA) is 83.0 Å². The monoisotopic (exact) mass is 313 g/mol. The van der Waals surface area contributed by atoms with Crippen molar-refractivity contribution in [3.05, 3.63) is 10.6 Å². The van der Waals surface area contributed by atoms with Gasteiger partial charge < -0.3 is 19.6 Å². The molecule has 8 heteroatoms. The second kappa shape index (κ2) is 5.98. The number of aromatic nitrogens is 1. The largest absolute Gasteiger partial charge is 0.480 e. The lowest BCUT2D eigenvalue weighted by molar-refractivity contribution is -0.141. The zero-order valence-electron chi connectivity index (χ0n) is 12.5. The number of thiazole rings is 1. The van der Waals surface area contributed by atoms with E-state index in [9.17, 15) is 14.7 Å². The Hall–Kier alpha value is -1.67. The van der Waals surface area contributed by atoms with Crippen LogP contribution in [0.25, 0.3) is 0 Å². The Morgan fingerprint density at radius 2 is 2.14 bits per heavy atom. The number of aryl methyl sites for hydroxylation is 1. The van der Waals surface area contributed by atoms with E-state index in [1.807, 2.05) is 19.0 Å². The van der Waals surface area contributed by atoms with Crippen LogP contribution in [0.1, 0.15) is 21.8 Å². The third-order valence-electron chi connectivity index (χ3n) is 3.70.